The van der Waals surface area contributed by atoms with Crippen molar-refractivity contribution >= 4 is 142 Å². The molecule has 1 aromatic heterocycles. The number of aldehydes is 1. The van der Waals surface area contributed by atoms with Crippen molar-refractivity contribution in [3.63, 3.8) is 0 Å². The van der Waals surface area contributed by atoms with Crippen molar-refractivity contribution in [3.8, 4) is 34.0 Å². The average Bonchev–Trinajstić information content (AvgIpc) is 3.81. The van der Waals surface area contributed by atoms with Gasteiger partial charge in [0.25, 0.3) is 5.97 Å². The molecule has 0 saturated carbocycles. The smallest absolute Gasteiger partial charge is 0.300 e. The van der Waals surface area contributed by atoms with Crippen molar-refractivity contribution in [3.05, 3.63) is 180 Å². The van der Waals surface area contributed by atoms with Gasteiger partial charge in [-0.1, -0.05) is 144 Å². The van der Waals surface area contributed by atoms with Crippen molar-refractivity contribution in [1.82, 2.24) is 16.1 Å². The molecule has 0 bridgehead atoms. The predicted octanol–water partition coefficient (Wildman–Crippen LogP) is 16.0. The lowest BCUT2D eigenvalue weighted by Crippen LogP contribution is -2.21. The fourth-order valence-corrected chi connectivity index (χ4v) is 9.59. The van der Waals surface area contributed by atoms with E-state index in [1.807, 2.05) is 72.8 Å². The van der Waals surface area contributed by atoms with Crippen molar-refractivity contribution in [2.75, 3.05) is 20.8 Å². The molecule has 0 spiro atoms. The summed E-state index contributed by atoms with van der Waals surface area (Å²) in [4.78, 5) is 52.6. The van der Waals surface area contributed by atoms with Crippen LogP contribution in [0.1, 0.15) is 52.3 Å². The highest BCUT2D eigenvalue weighted by Gasteiger charge is 2.30. The van der Waals surface area contributed by atoms with Gasteiger partial charge in [-0.05, 0) is 112 Å². The summed E-state index contributed by atoms with van der Waals surface area (Å²) < 4.78 is 14.5. The van der Waals surface area contributed by atoms with Crippen molar-refractivity contribution in [1.29, 1.82) is 0 Å². The molecule has 1 aliphatic rings. The zero-order chi connectivity index (χ0) is 50.2. The summed E-state index contributed by atoms with van der Waals surface area (Å²) >= 11 is 13.9. The lowest BCUT2D eigenvalue weighted by Gasteiger charge is -2.18. The summed E-state index contributed by atoms with van der Waals surface area (Å²) in [7, 11) is 3.33. The second-order valence-corrected chi connectivity index (χ2v) is 19.1. The minimum atomic E-state index is -0.833. The number of fused-ring (bicyclic) bond motifs is 11. The normalized spacial score (nSPS) is 10.9. The molecule has 1 heterocycles. The molecule has 72 heavy (non-hydrogen) atoms. The Morgan fingerprint density at radius 1 is 0.569 bits per heavy atom. The van der Waals surface area contributed by atoms with Crippen LogP contribution < -0.4 is 15.6 Å². The third kappa shape index (κ3) is 12.0. The van der Waals surface area contributed by atoms with E-state index in [4.69, 9.17) is 29.5 Å². The maximum atomic E-state index is 12.1. The molecule has 1 aliphatic carbocycles. The lowest BCUT2D eigenvalue weighted by molar-refractivity contribution is -0.134. The van der Waals surface area contributed by atoms with E-state index in [0.717, 1.165) is 108 Å². The minimum absolute atomic E-state index is 0. The highest BCUT2D eigenvalue weighted by Crippen LogP contribution is 2.40. The summed E-state index contributed by atoms with van der Waals surface area (Å²) in [6.45, 7) is 3.01. The highest BCUT2D eigenvalue weighted by molar-refractivity contribution is 9.11. The van der Waals surface area contributed by atoms with E-state index in [0.29, 0.717) is 16.7 Å². The number of carbonyl (C=O) groups is 4. The maximum Gasteiger partial charge on any atom is 0.300 e. The second kappa shape index (κ2) is 25.2. The van der Waals surface area contributed by atoms with Gasteiger partial charge in [-0.25, -0.2) is 4.98 Å². The van der Waals surface area contributed by atoms with Crippen molar-refractivity contribution in [2.24, 2.45) is 0 Å². The number of rotatable bonds is 4. The molecule has 9 aromatic carbocycles. The van der Waals surface area contributed by atoms with Crippen LogP contribution in [0.3, 0.4) is 0 Å². The molecule has 10 aromatic rings. The first-order valence-electron chi connectivity index (χ1n) is 21.5. The number of H-pyrrole nitrogens is 1. The van der Waals surface area contributed by atoms with Crippen LogP contribution in [-0.2, 0) is 4.79 Å². The van der Waals surface area contributed by atoms with Gasteiger partial charge in [-0.3, -0.25) is 19.2 Å². The van der Waals surface area contributed by atoms with E-state index < -0.39 is 17.5 Å². The second-order valence-electron chi connectivity index (χ2n) is 15.4. The number of ketones is 2. The Morgan fingerprint density at radius 3 is 1.47 bits per heavy atom. The molecule has 0 saturated heterocycles. The third-order valence-corrected chi connectivity index (χ3v) is 13.0. The summed E-state index contributed by atoms with van der Waals surface area (Å²) in [5.74, 6) is 0.779. The molecule has 0 atom stereocenters. The van der Waals surface area contributed by atoms with Crippen LogP contribution in [0.4, 0.5) is 0 Å². The summed E-state index contributed by atoms with van der Waals surface area (Å²) in [5.41, 5.74) is 6.30. The van der Waals surface area contributed by atoms with Gasteiger partial charge >= 0.3 is 0 Å². The zero-order valence-corrected chi connectivity index (χ0v) is 45.0. The number of aliphatic hydroxyl groups excluding tert-OH is 1. The fourth-order valence-electron chi connectivity index (χ4n) is 8.15. The largest absolute Gasteiger partial charge is 0.496 e. The highest BCUT2D eigenvalue weighted by atomic mass is 79.9. The molecule has 0 fully saturated rings. The van der Waals surface area contributed by atoms with Gasteiger partial charge in [0.2, 0.25) is 11.6 Å². The Balaban J connectivity index is 0.000000200. The van der Waals surface area contributed by atoms with Crippen LogP contribution in [0, 0.1) is 0 Å². The number of methoxy groups -OCH3 is 2. The number of nitrogens with one attached hydrogen (secondary N) is 1. The van der Waals surface area contributed by atoms with Crippen molar-refractivity contribution in [2.45, 2.75) is 21.3 Å². The molecule has 15 heteroatoms. The van der Waals surface area contributed by atoms with E-state index >= 15 is 0 Å². The fraction of sp³-hybridized carbons (Fsp3) is 0.105. The molecule has 0 unspecified atom stereocenters. The minimum Gasteiger partial charge on any atom is -0.496 e. The molecular formula is C57H49Br4N3O8. The van der Waals surface area contributed by atoms with Gasteiger partial charge in [-0.2, -0.15) is 0 Å². The Morgan fingerprint density at radius 2 is 0.972 bits per heavy atom. The number of aliphatic hydroxyl groups is 1. The van der Waals surface area contributed by atoms with Gasteiger partial charge in [0.1, 0.15) is 17.3 Å². The molecule has 0 amide bonds. The Labute approximate surface area is 449 Å². The lowest BCUT2D eigenvalue weighted by atomic mass is 9.84. The number of ether oxygens (including phenoxy) is 2. The number of halogens is 4. The van der Waals surface area contributed by atoms with Crippen LogP contribution in [0.15, 0.2) is 163 Å². The summed E-state index contributed by atoms with van der Waals surface area (Å²) in [5, 5.41) is 23.7. The molecule has 11 nitrogen and oxygen atoms in total. The third-order valence-electron chi connectivity index (χ3n) is 11.1. The number of imidazole rings is 1. The summed E-state index contributed by atoms with van der Waals surface area (Å²) in [6, 6.07) is 47.3. The van der Waals surface area contributed by atoms with Gasteiger partial charge in [0.15, 0.2) is 6.29 Å². The number of carbonyl (C=O) groups excluding carboxylic acids is 3. The molecule has 6 N–H and O–H groups in total. The van der Waals surface area contributed by atoms with E-state index in [1.165, 1.54) is 10.8 Å². The average molecular weight is 1220 g/mol. The summed E-state index contributed by atoms with van der Waals surface area (Å²) in [6.07, 6.45) is 0.863. The predicted molar refractivity (Wildman–Crippen MR) is 306 cm³/mol. The molecular weight excluding hydrogens is 1170 g/mol. The SMILES string of the molecule is C.CC(=O)O.CCO.COc1ccc(-c2nc3c4cc(Br)ccc4c4ccc(Br)cc4c3[nH]2)c2ccccc12.COc1ccc(C=O)c2ccccc12.N.O=C1C(=O)c2cc(Br)ccc2-c2ccc(Br)cc21. The Kier molecular flexibility index (Phi) is 19.7. The Bertz CT molecular complexity index is 3510. The maximum absolute atomic E-state index is 12.1. The number of hydrogen-bond donors (Lipinski definition) is 4. The topological polar surface area (TPSA) is 191 Å². The first-order valence-corrected chi connectivity index (χ1v) is 24.7. The zero-order valence-electron chi connectivity index (χ0n) is 38.7. The van der Waals surface area contributed by atoms with Crippen LogP contribution in [0.2, 0.25) is 0 Å². The van der Waals surface area contributed by atoms with Crippen LogP contribution >= 0.6 is 63.7 Å². The van der Waals surface area contributed by atoms with Crippen LogP contribution in [0.25, 0.3) is 76.6 Å². The van der Waals surface area contributed by atoms with Crippen molar-refractivity contribution < 1.29 is 38.9 Å². The number of carboxylic acids is 1. The van der Waals surface area contributed by atoms with E-state index in [2.05, 4.69) is 123 Å². The van der Waals surface area contributed by atoms with Crippen LogP contribution in [-0.4, -0.2) is 64.8 Å². The number of benzene rings is 9. The monoisotopic (exact) mass is 1220 g/mol. The molecule has 0 radical (unpaired) electrons. The van der Waals surface area contributed by atoms with E-state index in [1.54, 1.807) is 39.3 Å². The first kappa shape index (κ1) is 56.3. The Hall–Kier alpha value is -6.59. The van der Waals surface area contributed by atoms with Crippen LogP contribution in [0.5, 0.6) is 11.5 Å². The number of carboxylic acid groups (broad SMARTS) is 1. The number of nitrogens with zero attached hydrogens (tertiary/aromatic N) is 1. The number of aliphatic carboxylic acids is 1. The first-order chi connectivity index (χ1) is 33.7. The quantitative estimate of drug-likeness (QED) is 0.0749. The number of hydrogen-bond acceptors (Lipinski definition) is 9. The number of Topliss-reactive ketones (excluding diaryl/α,β-unsaturated/α-hetero) is 2. The van der Waals surface area contributed by atoms with E-state index in [9.17, 15) is 14.4 Å². The standard InChI is InChI=1S/C26H16Br2N2O.C14H6Br2O2.C12H10O2.C2H4O2.C2H6O.CH4.H3N/c1-31-23-11-10-20(16-4-2-3-5-19(16)23)26-29-24-21-12-14(27)6-8-17(21)18-9-7-15(28)13-22(18)25(24)30-26;15-7-1-3-9-10-4-2-8(16)6-12(10)14(18)13(17)11(9)5-7;1-14-12-7-6-9(8-13)10-4-2-3-5-11(10)12;1-2(3)4;1-2-3;;/h2-13H,1H3,(H,29,30);1-6H;2-8H,1H3;1H3,(H,3,4);3H,2H2,1H3;1H4;1H3. The van der Waals surface area contributed by atoms with Gasteiger partial charge in [0.05, 0.1) is 25.3 Å². The molecule has 0 aliphatic heterocycles. The van der Waals surface area contributed by atoms with E-state index in [-0.39, 0.29) is 20.2 Å². The molecule has 368 valence electrons. The molecule has 11 rings (SSSR count). The van der Waals surface area contributed by atoms with Gasteiger partial charge in [-0.15, -0.1) is 0 Å². The number of aromatic nitrogens is 2. The van der Waals surface area contributed by atoms with Gasteiger partial charge < -0.3 is 30.8 Å². The van der Waals surface area contributed by atoms with Gasteiger partial charge in [0, 0.05) is 75.2 Å². The number of aromatic amines is 1.